The zero-order chi connectivity index (χ0) is 11.7. The van der Waals surface area contributed by atoms with Crippen LogP contribution in [0.4, 0.5) is 0 Å². The molecule has 0 spiro atoms. The molecule has 6 unspecified atom stereocenters. The van der Waals surface area contributed by atoms with Crippen molar-refractivity contribution in [2.24, 2.45) is 11.8 Å². The van der Waals surface area contributed by atoms with Crippen LogP contribution in [0.1, 0.15) is 34.1 Å². The van der Waals surface area contributed by atoms with E-state index in [1.165, 1.54) is 6.42 Å². The highest BCUT2D eigenvalue weighted by Crippen LogP contribution is 2.33. The summed E-state index contributed by atoms with van der Waals surface area (Å²) < 4.78 is 17.6. The number of rotatable bonds is 1. The SMILES string of the molecule is CC1COC(C)C(C2OC(C)COC2C)C1. The van der Waals surface area contributed by atoms with Crippen molar-refractivity contribution in [3.8, 4) is 0 Å². The van der Waals surface area contributed by atoms with Gasteiger partial charge in [0.15, 0.2) is 0 Å². The maximum Gasteiger partial charge on any atom is 0.0891 e. The Kier molecular flexibility index (Phi) is 3.88. The van der Waals surface area contributed by atoms with Crippen LogP contribution in [0.5, 0.6) is 0 Å². The second kappa shape index (κ2) is 5.03. The molecule has 2 saturated heterocycles. The van der Waals surface area contributed by atoms with Crippen LogP contribution in [-0.2, 0) is 14.2 Å². The fourth-order valence-corrected chi connectivity index (χ4v) is 2.81. The van der Waals surface area contributed by atoms with Gasteiger partial charge >= 0.3 is 0 Å². The highest BCUT2D eigenvalue weighted by molar-refractivity contribution is 4.87. The fourth-order valence-electron chi connectivity index (χ4n) is 2.81. The lowest BCUT2D eigenvalue weighted by molar-refractivity contribution is -0.211. The van der Waals surface area contributed by atoms with E-state index in [9.17, 15) is 0 Å². The normalized spacial score (nSPS) is 50.2. The Morgan fingerprint density at radius 1 is 0.875 bits per heavy atom. The summed E-state index contributed by atoms with van der Waals surface area (Å²) in [7, 11) is 0. The van der Waals surface area contributed by atoms with Crippen molar-refractivity contribution in [1.29, 1.82) is 0 Å². The average molecular weight is 228 g/mol. The molecule has 0 aromatic heterocycles. The molecule has 16 heavy (non-hydrogen) atoms. The molecule has 2 rings (SSSR count). The first kappa shape index (κ1) is 12.3. The summed E-state index contributed by atoms with van der Waals surface area (Å²) >= 11 is 0. The lowest BCUT2D eigenvalue weighted by Crippen LogP contribution is -2.50. The van der Waals surface area contributed by atoms with Gasteiger partial charge in [0.1, 0.15) is 0 Å². The van der Waals surface area contributed by atoms with Crippen LogP contribution in [0.2, 0.25) is 0 Å². The minimum absolute atomic E-state index is 0.192. The maximum absolute atomic E-state index is 6.05. The molecule has 0 radical (unpaired) electrons. The van der Waals surface area contributed by atoms with Gasteiger partial charge in [-0.2, -0.15) is 0 Å². The van der Waals surface area contributed by atoms with Gasteiger partial charge in [-0.3, -0.25) is 0 Å². The molecule has 0 bridgehead atoms. The van der Waals surface area contributed by atoms with Crippen LogP contribution in [0.3, 0.4) is 0 Å². The number of ether oxygens (including phenoxy) is 3. The van der Waals surface area contributed by atoms with Crippen molar-refractivity contribution < 1.29 is 14.2 Å². The summed E-state index contributed by atoms with van der Waals surface area (Å²) in [5, 5.41) is 0. The van der Waals surface area contributed by atoms with E-state index in [0.717, 1.165) is 13.2 Å². The Labute approximate surface area is 98.4 Å². The first-order valence-electron chi connectivity index (χ1n) is 6.46. The van der Waals surface area contributed by atoms with E-state index in [-0.39, 0.29) is 24.4 Å². The Hall–Kier alpha value is -0.120. The molecule has 0 N–H and O–H groups in total. The molecule has 2 heterocycles. The zero-order valence-corrected chi connectivity index (χ0v) is 10.8. The minimum atomic E-state index is 0.192. The molecular formula is C13H24O3. The van der Waals surface area contributed by atoms with Crippen LogP contribution in [0, 0.1) is 11.8 Å². The van der Waals surface area contributed by atoms with Gasteiger partial charge in [0.25, 0.3) is 0 Å². The van der Waals surface area contributed by atoms with Gasteiger partial charge in [-0.25, -0.2) is 0 Å². The first-order valence-corrected chi connectivity index (χ1v) is 6.46. The summed E-state index contributed by atoms with van der Waals surface area (Å²) in [5.41, 5.74) is 0. The van der Waals surface area contributed by atoms with Crippen LogP contribution in [0.15, 0.2) is 0 Å². The van der Waals surface area contributed by atoms with Gasteiger partial charge in [0.2, 0.25) is 0 Å². The van der Waals surface area contributed by atoms with E-state index in [1.807, 2.05) is 0 Å². The molecule has 6 atom stereocenters. The second-order valence-electron chi connectivity index (χ2n) is 5.49. The number of hydrogen-bond acceptors (Lipinski definition) is 3. The molecule has 0 aromatic rings. The van der Waals surface area contributed by atoms with Crippen LogP contribution in [0.25, 0.3) is 0 Å². The fraction of sp³-hybridized carbons (Fsp3) is 1.00. The molecular weight excluding hydrogens is 204 g/mol. The molecule has 3 heteroatoms. The molecule has 2 aliphatic rings. The van der Waals surface area contributed by atoms with Crippen molar-refractivity contribution in [3.63, 3.8) is 0 Å². The van der Waals surface area contributed by atoms with Crippen molar-refractivity contribution in [2.45, 2.75) is 58.5 Å². The third-order valence-corrected chi connectivity index (χ3v) is 3.79. The van der Waals surface area contributed by atoms with E-state index in [1.54, 1.807) is 0 Å². The predicted octanol–water partition coefficient (Wildman–Crippen LogP) is 2.24. The van der Waals surface area contributed by atoms with E-state index >= 15 is 0 Å². The molecule has 0 amide bonds. The summed E-state index contributed by atoms with van der Waals surface area (Å²) in [6.07, 6.45) is 2.08. The van der Waals surface area contributed by atoms with E-state index in [2.05, 4.69) is 27.7 Å². The summed E-state index contributed by atoms with van der Waals surface area (Å²) in [6.45, 7) is 10.2. The Morgan fingerprint density at radius 2 is 1.56 bits per heavy atom. The van der Waals surface area contributed by atoms with Crippen LogP contribution >= 0.6 is 0 Å². The molecule has 2 aliphatic heterocycles. The van der Waals surface area contributed by atoms with Gasteiger partial charge in [-0.15, -0.1) is 0 Å². The molecule has 3 nitrogen and oxygen atoms in total. The lowest BCUT2D eigenvalue weighted by atomic mass is 9.83. The largest absolute Gasteiger partial charge is 0.378 e. The summed E-state index contributed by atoms with van der Waals surface area (Å²) in [6, 6.07) is 0. The smallest absolute Gasteiger partial charge is 0.0891 e. The van der Waals surface area contributed by atoms with Gasteiger partial charge < -0.3 is 14.2 Å². The highest BCUT2D eigenvalue weighted by Gasteiger charge is 2.39. The van der Waals surface area contributed by atoms with Gasteiger partial charge in [0, 0.05) is 12.5 Å². The quantitative estimate of drug-likeness (QED) is 0.689. The van der Waals surface area contributed by atoms with Crippen molar-refractivity contribution in [2.75, 3.05) is 13.2 Å². The monoisotopic (exact) mass is 228 g/mol. The zero-order valence-electron chi connectivity index (χ0n) is 10.8. The Balaban J connectivity index is 2.02. The van der Waals surface area contributed by atoms with Gasteiger partial charge in [-0.1, -0.05) is 6.92 Å². The average Bonchev–Trinajstić information content (AvgIpc) is 2.25. The van der Waals surface area contributed by atoms with Gasteiger partial charge in [-0.05, 0) is 33.1 Å². The standard InChI is InChI=1S/C13H24O3/c1-8-5-12(10(3)14-6-8)13-11(4)15-7-9(2)16-13/h8-13H,5-7H2,1-4H3. The predicted molar refractivity (Wildman–Crippen MR) is 62.4 cm³/mol. The van der Waals surface area contributed by atoms with Crippen molar-refractivity contribution in [1.82, 2.24) is 0 Å². The Bertz CT molecular complexity index is 207. The number of hydrogen-bond donors (Lipinski definition) is 0. The van der Waals surface area contributed by atoms with Gasteiger partial charge in [0.05, 0.1) is 31.0 Å². The molecule has 0 saturated carbocycles. The first-order chi connectivity index (χ1) is 7.58. The topological polar surface area (TPSA) is 27.7 Å². The highest BCUT2D eigenvalue weighted by atomic mass is 16.6. The third kappa shape index (κ3) is 2.58. The summed E-state index contributed by atoms with van der Waals surface area (Å²) in [4.78, 5) is 0. The lowest BCUT2D eigenvalue weighted by Gasteiger charge is -2.43. The van der Waals surface area contributed by atoms with Crippen LogP contribution < -0.4 is 0 Å². The molecule has 2 fully saturated rings. The molecule has 94 valence electrons. The van der Waals surface area contributed by atoms with Crippen molar-refractivity contribution >= 4 is 0 Å². The maximum atomic E-state index is 6.05. The molecule has 0 aromatic carbocycles. The van der Waals surface area contributed by atoms with E-state index in [0.29, 0.717) is 11.8 Å². The third-order valence-electron chi connectivity index (χ3n) is 3.79. The van der Waals surface area contributed by atoms with Crippen molar-refractivity contribution in [3.05, 3.63) is 0 Å². The van der Waals surface area contributed by atoms with Crippen LogP contribution in [-0.4, -0.2) is 37.6 Å². The summed E-state index contributed by atoms with van der Waals surface area (Å²) in [5.74, 6) is 1.11. The molecule has 0 aliphatic carbocycles. The van der Waals surface area contributed by atoms with E-state index in [4.69, 9.17) is 14.2 Å². The van der Waals surface area contributed by atoms with E-state index < -0.39 is 0 Å². The minimum Gasteiger partial charge on any atom is -0.378 e. The Morgan fingerprint density at radius 3 is 2.31 bits per heavy atom. The second-order valence-corrected chi connectivity index (χ2v) is 5.49.